The standard InChI is InChI=1S/C25H19N3O4S/c29-22(16-32-24(30)15-14-23-28-20-12-6-7-13-21(20)33-23)27-19-11-5-4-10-18(19)25(31)26-17-8-2-1-3-9-17/h1-15H,16H2,(H,26,31)(H,27,29)/b15-14+. The van der Waals surface area contributed by atoms with E-state index in [-0.39, 0.29) is 11.5 Å². The minimum atomic E-state index is -0.667. The largest absolute Gasteiger partial charge is 0.452 e. The fraction of sp³-hybridized carbons (Fsp3) is 0.0400. The van der Waals surface area contributed by atoms with Crippen LogP contribution in [-0.2, 0) is 14.3 Å². The molecule has 0 spiro atoms. The average molecular weight is 458 g/mol. The number of nitrogens with one attached hydrogen (secondary N) is 2. The van der Waals surface area contributed by atoms with Crippen LogP contribution in [0.4, 0.5) is 11.4 Å². The number of fused-ring (bicyclic) bond motifs is 1. The van der Waals surface area contributed by atoms with Crippen LogP contribution in [-0.4, -0.2) is 29.4 Å². The fourth-order valence-electron chi connectivity index (χ4n) is 2.98. The number of aromatic nitrogens is 1. The zero-order valence-electron chi connectivity index (χ0n) is 17.4. The van der Waals surface area contributed by atoms with Crippen LogP contribution < -0.4 is 10.6 Å². The van der Waals surface area contributed by atoms with Crippen molar-refractivity contribution in [3.8, 4) is 0 Å². The second-order valence-electron chi connectivity index (χ2n) is 6.87. The molecule has 2 amide bonds. The van der Waals surface area contributed by atoms with Crippen LogP contribution in [0.3, 0.4) is 0 Å². The Bertz CT molecular complexity index is 1300. The summed E-state index contributed by atoms with van der Waals surface area (Å²) in [5.41, 5.74) is 2.09. The van der Waals surface area contributed by atoms with Gasteiger partial charge in [-0.25, -0.2) is 9.78 Å². The zero-order chi connectivity index (χ0) is 23.0. The van der Waals surface area contributed by atoms with E-state index >= 15 is 0 Å². The first kappa shape index (κ1) is 21.9. The molecule has 0 radical (unpaired) electrons. The van der Waals surface area contributed by atoms with Crippen molar-refractivity contribution < 1.29 is 19.1 Å². The van der Waals surface area contributed by atoms with E-state index in [0.29, 0.717) is 16.4 Å². The van der Waals surface area contributed by atoms with E-state index in [1.807, 2.05) is 42.5 Å². The zero-order valence-corrected chi connectivity index (χ0v) is 18.2. The SMILES string of the molecule is O=C(COC(=O)/C=C/c1nc2ccccc2s1)Nc1ccccc1C(=O)Nc1ccccc1. The number of anilines is 2. The number of amides is 2. The molecule has 0 unspecified atom stereocenters. The number of carbonyl (C=O) groups is 3. The fourth-order valence-corrected chi connectivity index (χ4v) is 3.85. The predicted molar refractivity (Wildman–Crippen MR) is 129 cm³/mol. The number of nitrogens with zero attached hydrogens (tertiary/aromatic N) is 1. The maximum Gasteiger partial charge on any atom is 0.331 e. The molecule has 0 saturated heterocycles. The number of para-hydroxylation sites is 3. The summed E-state index contributed by atoms with van der Waals surface area (Å²) in [6.45, 7) is -0.488. The summed E-state index contributed by atoms with van der Waals surface area (Å²) in [4.78, 5) is 41.3. The van der Waals surface area contributed by atoms with Gasteiger partial charge in [0.25, 0.3) is 11.8 Å². The highest BCUT2D eigenvalue weighted by molar-refractivity contribution is 7.19. The molecule has 0 aliphatic rings. The van der Waals surface area contributed by atoms with Gasteiger partial charge in [0, 0.05) is 11.8 Å². The van der Waals surface area contributed by atoms with E-state index in [9.17, 15) is 14.4 Å². The van der Waals surface area contributed by atoms with Crippen molar-refractivity contribution in [3.05, 3.63) is 95.5 Å². The van der Waals surface area contributed by atoms with E-state index in [2.05, 4.69) is 15.6 Å². The second kappa shape index (κ2) is 10.3. The summed E-state index contributed by atoms with van der Waals surface area (Å²) in [5, 5.41) is 6.05. The van der Waals surface area contributed by atoms with Crippen molar-refractivity contribution in [2.24, 2.45) is 0 Å². The third-order valence-electron chi connectivity index (χ3n) is 4.50. The molecule has 0 aliphatic heterocycles. The number of benzene rings is 3. The van der Waals surface area contributed by atoms with Crippen LogP contribution in [0, 0.1) is 0 Å². The van der Waals surface area contributed by atoms with E-state index in [1.165, 1.54) is 17.4 Å². The lowest BCUT2D eigenvalue weighted by atomic mass is 10.1. The molecule has 0 fully saturated rings. The van der Waals surface area contributed by atoms with Crippen molar-refractivity contribution in [1.82, 2.24) is 4.98 Å². The Morgan fingerprint density at radius 2 is 1.61 bits per heavy atom. The molecular formula is C25H19N3O4S. The molecule has 0 bridgehead atoms. The summed E-state index contributed by atoms with van der Waals surface area (Å²) in [5.74, 6) is -1.59. The van der Waals surface area contributed by atoms with Gasteiger partial charge in [-0.1, -0.05) is 42.5 Å². The summed E-state index contributed by atoms with van der Waals surface area (Å²) in [6, 6.07) is 23.2. The van der Waals surface area contributed by atoms with E-state index < -0.39 is 18.5 Å². The monoisotopic (exact) mass is 457 g/mol. The van der Waals surface area contributed by atoms with Gasteiger partial charge in [-0.15, -0.1) is 11.3 Å². The Morgan fingerprint density at radius 3 is 2.42 bits per heavy atom. The topological polar surface area (TPSA) is 97.4 Å². The highest BCUT2D eigenvalue weighted by atomic mass is 32.1. The Morgan fingerprint density at radius 1 is 0.879 bits per heavy atom. The first-order valence-electron chi connectivity index (χ1n) is 10.0. The molecule has 0 saturated carbocycles. The summed E-state index contributed by atoms with van der Waals surface area (Å²) >= 11 is 1.45. The molecule has 164 valence electrons. The number of esters is 1. The summed E-state index contributed by atoms with van der Waals surface area (Å²) in [6.07, 6.45) is 2.78. The van der Waals surface area contributed by atoms with Crippen molar-refractivity contribution in [3.63, 3.8) is 0 Å². The molecule has 1 aromatic heterocycles. The lowest BCUT2D eigenvalue weighted by Crippen LogP contribution is -2.22. The molecule has 8 heteroatoms. The van der Waals surface area contributed by atoms with Crippen molar-refractivity contribution >= 4 is 56.8 Å². The molecule has 0 atom stereocenters. The van der Waals surface area contributed by atoms with E-state index in [1.54, 1.807) is 42.5 Å². The third kappa shape index (κ3) is 5.90. The Hall–Kier alpha value is -4.30. The van der Waals surface area contributed by atoms with Gasteiger partial charge in [-0.05, 0) is 42.5 Å². The smallest absolute Gasteiger partial charge is 0.331 e. The van der Waals surface area contributed by atoms with Crippen molar-refractivity contribution in [2.75, 3.05) is 17.2 Å². The van der Waals surface area contributed by atoms with Crippen LogP contribution in [0.15, 0.2) is 84.9 Å². The van der Waals surface area contributed by atoms with Gasteiger partial charge >= 0.3 is 5.97 Å². The highest BCUT2D eigenvalue weighted by Gasteiger charge is 2.14. The van der Waals surface area contributed by atoms with Crippen LogP contribution >= 0.6 is 11.3 Å². The maximum absolute atomic E-state index is 12.6. The van der Waals surface area contributed by atoms with Crippen LogP contribution in [0.2, 0.25) is 0 Å². The first-order chi connectivity index (χ1) is 16.1. The van der Waals surface area contributed by atoms with Crippen LogP contribution in [0.1, 0.15) is 15.4 Å². The van der Waals surface area contributed by atoms with E-state index in [0.717, 1.165) is 10.2 Å². The third-order valence-corrected chi connectivity index (χ3v) is 5.50. The summed E-state index contributed by atoms with van der Waals surface area (Å²) in [7, 11) is 0. The normalized spacial score (nSPS) is 10.8. The number of hydrogen-bond donors (Lipinski definition) is 2. The molecular weight excluding hydrogens is 438 g/mol. The van der Waals surface area contributed by atoms with Gasteiger partial charge in [-0.2, -0.15) is 0 Å². The van der Waals surface area contributed by atoms with Gasteiger partial charge in [0.05, 0.1) is 21.5 Å². The first-order valence-corrected chi connectivity index (χ1v) is 10.9. The molecule has 4 rings (SSSR count). The summed E-state index contributed by atoms with van der Waals surface area (Å²) < 4.78 is 6.02. The predicted octanol–water partition coefficient (Wildman–Crippen LogP) is 4.74. The quantitative estimate of drug-likeness (QED) is 0.309. The highest BCUT2D eigenvalue weighted by Crippen LogP contribution is 2.22. The molecule has 0 aliphatic carbocycles. The van der Waals surface area contributed by atoms with Gasteiger partial charge in [0.1, 0.15) is 5.01 Å². The van der Waals surface area contributed by atoms with Gasteiger partial charge in [0.15, 0.2) is 6.61 Å². The van der Waals surface area contributed by atoms with Crippen molar-refractivity contribution in [1.29, 1.82) is 0 Å². The molecule has 7 nitrogen and oxygen atoms in total. The maximum atomic E-state index is 12.6. The number of carbonyl (C=O) groups excluding carboxylic acids is 3. The molecule has 2 N–H and O–H groups in total. The average Bonchev–Trinajstić information content (AvgIpc) is 3.25. The number of rotatable bonds is 7. The van der Waals surface area contributed by atoms with Crippen molar-refractivity contribution in [2.45, 2.75) is 0 Å². The molecule has 33 heavy (non-hydrogen) atoms. The Labute approximate surface area is 193 Å². The second-order valence-corrected chi connectivity index (χ2v) is 7.94. The molecule has 1 heterocycles. The number of ether oxygens (including phenoxy) is 1. The lowest BCUT2D eigenvalue weighted by Gasteiger charge is -2.11. The van der Waals surface area contributed by atoms with Gasteiger partial charge in [0.2, 0.25) is 0 Å². The van der Waals surface area contributed by atoms with Crippen LogP contribution in [0.25, 0.3) is 16.3 Å². The number of thiazole rings is 1. The van der Waals surface area contributed by atoms with Gasteiger partial charge < -0.3 is 15.4 Å². The molecule has 4 aromatic rings. The minimum absolute atomic E-state index is 0.289. The lowest BCUT2D eigenvalue weighted by molar-refractivity contribution is -0.142. The van der Waals surface area contributed by atoms with Gasteiger partial charge in [-0.3, -0.25) is 9.59 Å². The van der Waals surface area contributed by atoms with E-state index in [4.69, 9.17) is 4.74 Å². The minimum Gasteiger partial charge on any atom is -0.452 e. The van der Waals surface area contributed by atoms with Crippen LogP contribution in [0.5, 0.6) is 0 Å². The Balaban J connectivity index is 1.32. The molecule has 3 aromatic carbocycles. The number of hydrogen-bond acceptors (Lipinski definition) is 6. The Kier molecular flexibility index (Phi) is 6.87.